The molecule has 1 saturated heterocycles. The molecule has 1 atom stereocenters. The zero-order valence-corrected chi connectivity index (χ0v) is 19.5. The second-order valence-electron chi connectivity index (χ2n) is 8.94. The Kier molecular flexibility index (Phi) is 7.33. The number of nitrogens with zero attached hydrogens (tertiary/aromatic N) is 1. The van der Waals surface area contributed by atoms with Gasteiger partial charge in [0.1, 0.15) is 5.75 Å². The predicted molar refractivity (Wildman–Crippen MR) is 131 cm³/mol. The van der Waals surface area contributed by atoms with E-state index in [0.717, 1.165) is 53.0 Å². The summed E-state index contributed by atoms with van der Waals surface area (Å²) in [5, 5.41) is 4.07. The van der Waals surface area contributed by atoms with Gasteiger partial charge in [-0.25, -0.2) is 0 Å². The molecule has 0 aliphatic carbocycles. The standard InChI is InChI=1S/C27H33N3O3/c1-19-6-5-17-30(18-19)26(32)15-16-28-25(31)14-13-23-22-7-3-4-8-24(22)29-27(23)20-9-11-21(33-2)12-10-20/h3-4,7-12,19,29H,5-6,13-18H2,1-2H3,(H,28,31). The molecule has 1 aromatic heterocycles. The van der Waals surface area contributed by atoms with Crippen molar-refractivity contribution < 1.29 is 14.3 Å². The van der Waals surface area contributed by atoms with Gasteiger partial charge in [-0.1, -0.05) is 25.1 Å². The molecule has 1 fully saturated rings. The summed E-state index contributed by atoms with van der Waals surface area (Å²) in [7, 11) is 1.66. The number of ether oxygens (including phenoxy) is 1. The summed E-state index contributed by atoms with van der Waals surface area (Å²) in [6.07, 6.45) is 3.62. The number of carbonyl (C=O) groups is 2. The summed E-state index contributed by atoms with van der Waals surface area (Å²) >= 11 is 0. The van der Waals surface area contributed by atoms with Gasteiger partial charge in [0.2, 0.25) is 11.8 Å². The number of carbonyl (C=O) groups excluding carboxylic acids is 2. The van der Waals surface area contributed by atoms with Crippen molar-refractivity contribution in [2.75, 3.05) is 26.7 Å². The molecule has 2 N–H and O–H groups in total. The van der Waals surface area contributed by atoms with E-state index < -0.39 is 0 Å². The van der Waals surface area contributed by atoms with Crippen molar-refractivity contribution in [2.45, 2.75) is 39.0 Å². The Balaban J connectivity index is 1.37. The fourth-order valence-electron chi connectivity index (χ4n) is 4.67. The minimum Gasteiger partial charge on any atom is -0.497 e. The maximum atomic E-state index is 12.6. The number of nitrogens with one attached hydrogen (secondary N) is 2. The van der Waals surface area contributed by atoms with Gasteiger partial charge in [-0.15, -0.1) is 0 Å². The first-order valence-corrected chi connectivity index (χ1v) is 11.8. The molecule has 1 aliphatic heterocycles. The van der Waals surface area contributed by atoms with Crippen molar-refractivity contribution in [1.82, 2.24) is 15.2 Å². The number of piperidine rings is 1. The minimum absolute atomic E-state index is 0.0271. The van der Waals surface area contributed by atoms with Gasteiger partial charge in [0.25, 0.3) is 0 Å². The number of benzene rings is 2. The Hall–Kier alpha value is -3.28. The zero-order chi connectivity index (χ0) is 23.2. The van der Waals surface area contributed by atoms with E-state index >= 15 is 0 Å². The van der Waals surface area contributed by atoms with Gasteiger partial charge in [-0.05, 0) is 66.6 Å². The van der Waals surface area contributed by atoms with Crippen LogP contribution in [0.15, 0.2) is 48.5 Å². The molecule has 6 nitrogen and oxygen atoms in total. The third-order valence-corrected chi connectivity index (χ3v) is 6.47. The number of H-pyrrole nitrogens is 1. The predicted octanol–water partition coefficient (Wildman–Crippen LogP) is 4.54. The highest BCUT2D eigenvalue weighted by Gasteiger charge is 2.20. The van der Waals surface area contributed by atoms with Crippen molar-refractivity contribution in [3.63, 3.8) is 0 Å². The highest BCUT2D eigenvalue weighted by molar-refractivity contribution is 5.91. The minimum atomic E-state index is -0.0271. The van der Waals surface area contributed by atoms with Crippen molar-refractivity contribution in [3.05, 3.63) is 54.1 Å². The quantitative estimate of drug-likeness (QED) is 0.532. The first-order valence-electron chi connectivity index (χ1n) is 11.8. The summed E-state index contributed by atoms with van der Waals surface area (Å²) in [6, 6.07) is 16.1. The van der Waals surface area contributed by atoms with Gasteiger partial charge in [0, 0.05) is 49.1 Å². The number of amides is 2. The van der Waals surface area contributed by atoms with Crippen LogP contribution in [0.4, 0.5) is 0 Å². The number of likely N-dealkylation sites (tertiary alicyclic amines) is 1. The van der Waals surface area contributed by atoms with Crippen LogP contribution in [0.2, 0.25) is 0 Å². The second-order valence-corrected chi connectivity index (χ2v) is 8.94. The van der Waals surface area contributed by atoms with Crippen molar-refractivity contribution >= 4 is 22.7 Å². The fourth-order valence-corrected chi connectivity index (χ4v) is 4.67. The van der Waals surface area contributed by atoms with Gasteiger partial charge < -0.3 is 19.9 Å². The highest BCUT2D eigenvalue weighted by atomic mass is 16.5. The molecule has 174 valence electrons. The summed E-state index contributed by atoms with van der Waals surface area (Å²) in [4.78, 5) is 30.4. The highest BCUT2D eigenvalue weighted by Crippen LogP contribution is 2.32. The molecule has 4 rings (SSSR count). The van der Waals surface area contributed by atoms with Crippen LogP contribution in [0.5, 0.6) is 5.75 Å². The van der Waals surface area contributed by atoms with Crippen LogP contribution in [-0.4, -0.2) is 48.4 Å². The molecule has 6 heteroatoms. The van der Waals surface area contributed by atoms with E-state index in [0.29, 0.717) is 31.7 Å². The van der Waals surface area contributed by atoms with Crippen LogP contribution in [0.25, 0.3) is 22.2 Å². The van der Waals surface area contributed by atoms with E-state index in [9.17, 15) is 9.59 Å². The molecule has 0 bridgehead atoms. The van der Waals surface area contributed by atoms with E-state index in [1.54, 1.807) is 7.11 Å². The average molecular weight is 448 g/mol. The van der Waals surface area contributed by atoms with Gasteiger partial charge in [0.05, 0.1) is 7.11 Å². The summed E-state index contributed by atoms with van der Waals surface area (Å²) in [5.74, 6) is 1.48. The number of aryl methyl sites for hydroxylation is 1. The number of aromatic nitrogens is 1. The van der Waals surface area contributed by atoms with Gasteiger partial charge in [-0.2, -0.15) is 0 Å². The first-order chi connectivity index (χ1) is 16.0. The third-order valence-electron chi connectivity index (χ3n) is 6.47. The molecule has 2 aromatic carbocycles. The Labute approximate surface area is 195 Å². The lowest BCUT2D eigenvalue weighted by Gasteiger charge is -2.31. The molecule has 1 unspecified atom stereocenters. The number of hydrogen-bond acceptors (Lipinski definition) is 3. The molecule has 0 radical (unpaired) electrons. The molecule has 3 aromatic rings. The lowest BCUT2D eigenvalue weighted by atomic mass is 10.00. The molecular weight excluding hydrogens is 414 g/mol. The topological polar surface area (TPSA) is 74.4 Å². The number of rotatable bonds is 8. The summed E-state index contributed by atoms with van der Waals surface area (Å²) < 4.78 is 5.28. The monoisotopic (exact) mass is 447 g/mol. The largest absolute Gasteiger partial charge is 0.497 e. The Morgan fingerprint density at radius 2 is 1.91 bits per heavy atom. The van der Waals surface area contributed by atoms with E-state index in [1.165, 1.54) is 6.42 Å². The Morgan fingerprint density at radius 3 is 2.67 bits per heavy atom. The van der Waals surface area contributed by atoms with E-state index in [1.807, 2.05) is 41.3 Å². The zero-order valence-electron chi connectivity index (χ0n) is 19.5. The molecule has 1 aliphatic rings. The number of methoxy groups -OCH3 is 1. The lowest BCUT2D eigenvalue weighted by molar-refractivity contribution is -0.132. The smallest absolute Gasteiger partial charge is 0.224 e. The van der Waals surface area contributed by atoms with Crippen LogP contribution in [0, 0.1) is 5.92 Å². The summed E-state index contributed by atoms with van der Waals surface area (Å²) in [6.45, 7) is 4.25. The summed E-state index contributed by atoms with van der Waals surface area (Å²) in [5.41, 5.74) is 4.27. The number of aromatic amines is 1. The molecule has 33 heavy (non-hydrogen) atoms. The van der Waals surface area contributed by atoms with Gasteiger partial charge in [0.15, 0.2) is 0 Å². The molecule has 2 amide bonds. The third kappa shape index (κ3) is 5.56. The van der Waals surface area contributed by atoms with Gasteiger partial charge in [-0.3, -0.25) is 9.59 Å². The first kappa shape index (κ1) is 22.9. The molecular formula is C27H33N3O3. The van der Waals surface area contributed by atoms with Crippen LogP contribution in [-0.2, 0) is 16.0 Å². The lowest BCUT2D eigenvalue weighted by Crippen LogP contribution is -2.40. The van der Waals surface area contributed by atoms with Crippen LogP contribution in [0.1, 0.15) is 38.2 Å². The number of para-hydroxylation sites is 1. The van der Waals surface area contributed by atoms with Crippen molar-refractivity contribution in [3.8, 4) is 17.0 Å². The number of fused-ring (bicyclic) bond motifs is 1. The maximum absolute atomic E-state index is 12.6. The average Bonchev–Trinajstić information content (AvgIpc) is 3.21. The Morgan fingerprint density at radius 1 is 1.12 bits per heavy atom. The van der Waals surface area contributed by atoms with Crippen LogP contribution < -0.4 is 10.1 Å². The normalized spacial score (nSPS) is 16.1. The maximum Gasteiger partial charge on any atom is 0.224 e. The second kappa shape index (κ2) is 10.6. The SMILES string of the molecule is COc1ccc(-c2[nH]c3ccccc3c2CCC(=O)NCCC(=O)N2CCCC(C)C2)cc1. The molecule has 0 spiro atoms. The van der Waals surface area contributed by atoms with Crippen LogP contribution in [0.3, 0.4) is 0 Å². The van der Waals surface area contributed by atoms with Crippen molar-refractivity contribution in [2.24, 2.45) is 5.92 Å². The van der Waals surface area contributed by atoms with Crippen molar-refractivity contribution in [1.29, 1.82) is 0 Å². The van der Waals surface area contributed by atoms with E-state index in [-0.39, 0.29) is 11.8 Å². The van der Waals surface area contributed by atoms with Crippen LogP contribution >= 0.6 is 0 Å². The van der Waals surface area contributed by atoms with Gasteiger partial charge >= 0.3 is 0 Å². The number of hydrogen-bond donors (Lipinski definition) is 2. The Bertz CT molecular complexity index is 1100. The van der Waals surface area contributed by atoms with E-state index in [2.05, 4.69) is 29.4 Å². The molecule has 0 saturated carbocycles. The van der Waals surface area contributed by atoms with E-state index in [4.69, 9.17) is 4.74 Å². The fraction of sp³-hybridized carbons (Fsp3) is 0.407. The molecule has 2 heterocycles.